The molecule has 6 nitrogen and oxygen atoms in total. The number of carbonyl (C=O) groups is 1. The average Bonchev–Trinajstić information content (AvgIpc) is 3.30. The second kappa shape index (κ2) is 10.6. The van der Waals surface area contributed by atoms with E-state index in [9.17, 15) is 4.79 Å². The van der Waals surface area contributed by atoms with Gasteiger partial charge in [0.05, 0.1) is 37.2 Å². The van der Waals surface area contributed by atoms with Crippen molar-refractivity contribution < 1.29 is 19.0 Å². The number of unbranched alkanes of at least 4 members (excludes halogenated alkanes) is 1. The molecule has 0 aliphatic heterocycles. The molecule has 0 N–H and O–H groups in total. The molecule has 0 aliphatic rings. The summed E-state index contributed by atoms with van der Waals surface area (Å²) < 4.78 is 17.4. The Kier molecular flexibility index (Phi) is 7.33. The van der Waals surface area contributed by atoms with Gasteiger partial charge in [-0.2, -0.15) is 0 Å². The zero-order valence-corrected chi connectivity index (χ0v) is 20.6. The molecule has 7 heteroatoms. The van der Waals surface area contributed by atoms with Gasteiger partial charge in [-0.25, -0.2) is 4.98 Å². The highest BCUT2D eigenvalue weighted by molar-refractivity contribution is 7.22. The average molecular weight is 477 g/mol. The summed E-state index contributed by atoms with van der Waals surface area (Å²) in [5.74, 6) is 1.04. The third-order valence-electron chi connectivity index (χ3n) is 5.60. The third-order valence-corrected chi connectivity index (χ3v) is 6.62. The molecule has 1 heterocycles. The van der Waals surface area contributed by atoms with E-state index < -0.39 is 0 Å². The maximum absolute atomic E-state index is 14.0. The van der Waals surface area contributed by atoms with Gasteiger partial charge in [0.1, 0.15) is 0 Å². The van der Waals surface area contributed by atoms with Crippen LogP contribution in [-0.4, -0.2) is 32.2 Å². The minimum Gasteiger partial charge on any atom is -0.493 e. The van der Waals surface area contributed by atoms with Crippen LogP contribution in [0.25, 0.3) is 10.2 Å². The van der Waals surface area contributed by atoms with Crippen LogP contribution in [0.15, 0.2) is 60.7 Å². The van der Waals surface area contributed by atoms with E-state index in [0.717, 1.165) is 35.2 Å². The van der Waals surface area contributed by atoms with Gasteiger partial charge >= 0.3 is 0 Å². The first-order valence-corrected chi connectivity index (χ1v) is 12.0. The van der Waals surface area contributed by atoms with Crippen molar-refractivity contribution in [3.05, 3.63) is 71.8 Å². The summed E-state index contributed by atoms with van der Waals surface area (Å²) in [7, 11) is 4.60. The summed E-state index contributed by atoms with van der Waals surface area (Å²) in [5, 5.41) is 0.598. The maximum atomic E-state index is 14.0. The van der Waals surface area contributed by atoms with Crippen molar-refractivity contribution in [3.63, 3.8) is 0 Å². The summed E-state index contributed by atoms with van der Waals surface area (Å²) in [6, 6.07) is 19.3. The predicted molar refractivity (Wildman–Crippen MR) is 137 cm³/mol. The highest BCUT2D eigenvalue weighted by atomic mass is 32.1. The number of hydrogen-bond donors (Lipinski definition) is 0. The summed E-state index contributed by atoms with van der Waals surface area (Å²) >= 11 is 1.48. The second-order valence-electron chi connectivity index (χ2n) is 7.79. The molecular formula is C27H28N2O4S. The van der Waals surface area contributed by atoms with Crippen molar-refractivity contribution in [1.29, 1.82) is 0 Å². The Balaban J connectivity index is 1.82. The van der Waals surface area contributed by atoms with Gasteiger partial charge in [0.2, 0.25) is 5.75 Å². The van der Waals surface area contributed by atoms with E-state index >= 15 is 0 Å². The van der Waals surface area contributed by atoms with Gasteiger partial charge in [-0.15, -0.1) is 0 Å². The number of methoxy groups -OCH3 is 3. The number of carbonyl (C=O) groups excluding carboxylic acids is 1. The molecule has 0 atom stereocenters. The second-order valence-corrected chi connectivity index (χ2v) is 8.80. The van der Waals surface area contributed by atoms with Crippen molar-refractivity contribution >= 4 is 38.3 Å². The summed E-state index contributed by atoms with van der Waals surface area (Å²) in [4.78, 5) is 20.4. The number of thiazole rings is 1. The van der Waals surface area contributed by atoms with Crippen LogP contribution in [0, 0.1) is 0 Å². The van der Waals surface area contributed by atoms with E-state index in [1.165, 1.54) is 38.2 Å². The highest BCUT2D eigenvalue weighted by Crippen LogP contribution is 2.40. The molecule has 4 rings (SSSR count). The van der Waals surface area contributed by atoms with E-state index in [1.54, 1.807) is 17.0 Å². The molecule has 1 aromatic heterocycles. The summed E-state index contributed by atoms with van der Waals surface area (Å²) in [5.41, 5.74) is 3.25. The molecule has 4 aromatic rings. The largest absolute Gasteiger partial charge is 0.493 e. The molecule has 0 radical (unpaired) electrons. The molecule has 0 saturated carbocycles. The lowest BCUT2D eigenvalue weighted by Gasteiger charge is -2.22. The smallest absolute Gasteiger partial charge is 0.264 e. The van der Waals surface area contributed by atoms with E-state index in [0.29, 0.717) is 27.9 Å². The van der Waals surface area contributed by atoms with Crippen LogP contribution in [0.2, 0.25) is 0 Å². The Morgan fingerprint density at radius 2 is 1.62 bits per heavy atom. The first kappa shape index (κ1) is 23.6. The van der Waals surface area contributed by atoms with Gasteiger partial charge < -0.3 is 14.2 Å². The number of amides is 1. The number of aromatic nitrogens is 1. The molecule has 0 fully saturated rings. The first-order chi connectivity index (χ1) is 16.6. The zero-order valence-electron chi connectivity index (χ0n) is 19.8. The minimum atomic E-state index is -0.236. The van der Waals surface area contributed by atoms with Crippen molar-refractivity contribution in [2.75, 3.05) is 26.2 Å². The number of aryl methyl sites for hydroxylation is 1. The fourth-order valence-corrected chi connectivity index (χ4v) is 4.78. The molecule has 0 bridgehead atoms. The number of para-hydroxylation sites is 1. The topological polar surface area (TPSA) is 60.9 Å². The van der Waals surface area contributed by atoms with Crippen LogP contribution < -0.4 is 19.1 Å². The molecule has 0 saturated heterocycles. The summed E-state index contributed by atoms with van der Waals surface area (Å²) in [6.07, 6.45) is 3.28. The fraction of sp³-hybridized carbons (Fsp3) is 0.259. The molecule has 1 amide bonds. The lowest BCUT2D eigenvalue weighted by atomic mass is 10.1. The number of anilines is 2. The van der Waals surface area contributed by atoms with Crippen LogP contribution in [0.4, 0.5) is 10.8 Å². The van der Waals surface area contributed by atoms with Crippen LogP contribution >= 0.6 is 11.3 Å². The van der Waals surface area contributed by atoms with Gasteiger partial charge in [-0.05, 0) is 54.8 Å². The standard InChI is InChI=1S/C27H28N2O4S/c1-5-6-9-18-12-14-20(15-13-18)29(27-28-21-10-7-8-11-24(21)34-27)26(30)19-16-22(31-2)25(33-4)23(17-19)32-3/h7-8,10-17H,5-6,9H2,1-4H3. The van der Waals surface area contributed by atoms with E-state index in [-0.39, 0.29) is 5.91 Å². The molecule has 0 unspecified atom stereocenters. The van der Waals surface area contributed by atoms with Gasteiger partial charge in [0.25, 0.3) is 5.91 Å². The Morgan fingerprint density at radius 3 is 2.21 bits per heavy atom. The number of ether oxygens (including phenoxy) is 3. The maximum Gasteiger partial charge on any atom is 0.264 e. The Morgan fingerprint density at radius 1 is 0.941 bits per heavy atom. The molecule has 0 spiro atoms. The van der Waals surface area contributed by atoms with Crippen LogP contribution in [0.3, 0.4) is 0 Å². The zero-order chi connectivity index (χ0) is 24.1. The Labute approximate surface area is 203 Å². The SMILES string of the molecule is CCCCc1ccc(N(C(=O)c2cc(OC)c(OC)c(OC)c2)c2nc3ccccc3s2)cc1. The minimum absolute atomic E-state index is 0.236. The molecule has 3 aromatic carbocycles. The first-order valence-electron chi connectivity index (χ1n) is 11.2. The quantitative estimate of drug-likeness (QED) is 0.271. The van der Waals surface area contributed by atoms with Gasteiger partial charge in [-0.1, -0.05) is 48.9 Å². The van der Waals surface area contributed by atoms with Crippen molar-refractivity contribution in [3.8, 4) is 17.2 Å². The number of rotatable bonds is 9. The predicted octanol–water partition coefficient (Wildman–Crippen LogP) is 6.64. The van der Waals surface area contributed by atoms with Gasteiger partial charge in [0, 0.05) is 5.56 Å². The van der Waals surface area contributed by atoms with Crippen LogP contribution in [-0.2, 0) is 6.42 Å². The Bertz CT molecular complexity index is 1230. The molecule has 0 aliphatic carbocycles. The van der Waals surface area contributed by atoms with Gasteiger partial charge in [0.15, 0.2) is 16.6 Å². The molecule has 176 valence electrons. The highest BCUT2D eigenvalue weighted by Gasteiger charge is 2.26. The third kappa shape index (κ3) is 4.70. The lowest BCUT2D eigenvalue weighted by molar-refractivity contribution is 0.0998. The van der Waals surface area contributed by atoms with E-state index in [4.69, 9.17) is 19.2 Å². The van der Waals surface area contributed by atoms with E-state index in [2.05, 4.69) is 19.1 Å². The van der Waals surface area contributed by atoms with Crippen molar-refractivity contribution in [1.82, 2.24) is 4.98 Å². The van der Waals surface area contributed by atoms with Crippen LogP contribution in [0.1, 0.15) is 35.7 Å². The van der Waals surface area contributed by atoms with Gasteiger partial charge in [-0.3, -0.25) is 9.69 Å². The number of fused-ring (bicyclic) bond motifs is 1. The number of benzene rings is 3. The Hall–Kier alpha value is -3.58. The lowest BCUT2D eigenvalue weighted by Crippen LogP contribution is -2.26. The summed E-state index contributed by atoms with van der Waals surface area (Å²) in [6.45, 7) is 2.18. The van der Waals surface area contributed by atoms with Crippen LogP contribution in [0.5, 0.6) is 17.2 Å². The molecule has 34 heavy (non-hydrogen) atoms. The molecular weight excluding hydrogens is 448 g/mol. The monoisotopic (exact) mass is 476 g/mol. The number of hydrogen-bond acceptors (Lipinski definition) is 6. The normalized spacial score (nSPS) is 10.8. The van der Waals surface area contributed by atoms with Crippen molar-refractivity contribution in [2.45, 2.75) is 26.2 Å². The van der Waals surface area contributed by atoms with Crippen molar-refractivity contribution in [2.24, 2.45) is 0 Å². The number of nitrogens with zero attached hydrogens (tertiary/aromatic N) is 2. The van der Waals surface area contributed by atoms with E-state index in [1.807, 2.05) is 36.4 Å². The fourth-order valence-electron chi connectivity index (χ4n) is 3.80.